The fraction of sp³-hybridized carbons (Fsp3) is 0.500. The first-order chi connectivity index (χ1) is 8.97. The van der Waals surface area contributed by atoms with Crippen LogP contribution in [0.1, 0.15) is 12.8 Å². The van der Waals surface area contributed by atoms with E-state index >= 15 is 0 Å². The Bertz CT molecular complexity index is 541. The number of hydrogen-bond acceptors (Lipinski definition) is 4. The Morgan fingerprint density at radius 1 is 1.37 bits per heavy atom. The van der Waals surface area contributed by atoms with Crippen molar-refractivity contribution >= 4 is 35.7 Å². The Balaban J connectivity index is 2.01. The summed E-state index contributed by atoms with van der Waals surface area (Å²) in [7, 11) is 1.57. The van der Waals surface area contributed by atoms with Crippen LogP contribution in [0.2, 0.25) is 0 Å². The number of ether oxygens (including phenoxy) is 2. The summed E-state index contributed by atoms with van der Waals surface area (Å²) in [5.41, 5.74) is 0. The SMILES string of the molecule is O=S(=O)(Cl)c1ccc(OCC2CCOCC2)c(Br)c1. The lowest BCUT2D eigenvalue weighted by atomic mass is 10.0. The monoisotopic (exact) mass is 368 g/mol. The molecule has 1 aromatic rings. The van der Waals surface area contributed by atoms with E-state index in [1.807, 2.05) is 0 Å². The first kappa shape index (κ1) is 15.1. The van der Waals surface area contributed by atoms with Crippen molar-refractivity contribution in [1.82, 2.24) is 0 Å². The van der Waals surface area contributed by atoms with Crippen LogP contribution in [0.25, 0.3) is 0 Å². The van der Waals surface area contributed by atoms with Crippen LogP contribution in [0.4, 0.5) is 0 Å². The third-order valence-corrected chi connectivity index (χ3v) is 4.97. The summed E-state index contributed by atoms with van der Waals surface area (Å²) >= 11 is 3.29. The molecule has 1 heterocycles. The van der Waals surface area contributed by atoms with E-state index in [0.29, 0.717) is 22.7 Å². The number of rotatable bonds is 4. The van der Waals surface area contributed by atoms with Crippen LogP contribution in [0.15, 0.2) is 27.6 Å². The van der Waals surface area contributed by atoms with Gasteiger partial charge in [0.1, 0.15) is 5.75 Å². The third-order valence-electron chi connectivity index (χ3n) is 3.00. The Kier molecular flexibility index (Phi) is 5.11. The molecule has 0 bridgehead atoms. The minimum Gasteiger partial charge on any atom is -0.492 e. The number of halogens is 2. The van der Waals surface area contributed by atoms with Gasteiger partial charge in [-0.3, -0.25) is 0 Å². The fourth-order valence-electron chi connectivity index (χ4n) is 1.87. The molecule has 1 saturated heterocycles. The van der Waals surface area contributed by atoms with Gasteiger partial charge >= 0.3 is 0 Å². The van der Waals surface area contributed by atoms with Crippen molar-refractivity contribution in [3.8, 4) is 5.75 Å². The van der Waals surface area contributed by atoms with Crippen molar-refractivity contribution in [3.63, 3.8) is 0 Å². The van der Waals surface area contributed by atoms with Crippen molar-refractivity contribution in [2.24, 2.45) is 5.92 Å². The summed E-state index contributed by atoms with van der Waals surface area (Å²) in [6.07, 6.45) is 1.98. The smallest absolute Gasteiger partial charge is 0.261 e. The zero-order chi connectivity index (χ0) is 13.9. The highest BCUT2D eigenvalue weighted by Crippen LogP contribution is 2.30. The minimum absolute atomic E-state index is 0.0551. The maximum Gasteiger partial charge on any atom is 0.261 e. The summed E-state index contributed by atoms with van der Waals surface area (Å²) in [6.45, 7) is 2.16. The molecular weight excluding hydrogens is 356 g/mol. The molecule has 0 unspecified atom stereocenters. The van der Waals surface area contributed by atoms with Gasteiger partial charge in [0.2, 0.25) is 0 Å². The van der Waals surface area contributed by atoms with Crippen LogP contribution < -0.4 is 4.74 Å². The molecule has 1 fully saturated rings. The average molecular weight is 370 g/mol. The topological polar surface area (TPSA) is 52.6 Å². The van der Waals surface area contributed by atoms with Gasteiger partial charge in [0.05, 0.1) is 16.0 Å². The van der Waals surface area contributed by atoms with Crippen LogP contribution in [0.5, 0.6) is 5.75 Å². The summed E-state index contributed by atoms with van der Waals surface area (Å²) in [6, 6.07) is 4.49. The van der Waals surface area contributed by atoms with Gasteiger partial charge < -0.3 is 9.47 Å². The van der Waals surface area contributed by atoms with Gasteiger partial charge in [-0.05, 0) is 52.9 Å². The summed E-state index contributed by atoms with van der Waals surface area (Å²) in [4.78, 5) is 0.0551. The minimum atomic E-state index is -3.71. The molecule has 0 radical (unpaired) electrons. The van der Waals surface area contributed by atoms with Crippen molar-refractivity contribution < 1.29 is 17.9 Å². The highest BCUT2D eigenvalue weighted by Gasteiger charge is 2.16. The zero-order valence-electron chi connectivity index (χ0n) is 10.1. The molecular formula is C12H14BrClO4S. The Hall–Kier alpha value is -0.300. The second kappa shape index (κ2) is 6.43. The summed E-state index contributed by atoms with van der Waals surface area (Å²) in [5.74, 6) is 1.10. The predicted octanol–water partition coefficient (Wildman–Crippen LogP) is 3.18. The van der Waals surface area contributed by atoms with E-state index in [2.05, 4.69) is 15.9 Å². The Labute approximate surface area is 125 Å². The molecule has 0 spiro atoms. The highest BCUT2D eigenvalue weighted by atomic mass is 79.9. The van der Waals surface area contributed by atoms with Crippen LogP contribution >= 0.6 is 26.6 Å². The molecule has 0 amide bonds. The summed E-state index contributed by atoms with van der Waals surface area (Å²) in [5, 5.41) is 0. The van der Waals surface area contributed by atoms with Gasteiger partial charge in [-0.2, -0.15) is 0 Å². The second-order valence-electron chi connectivity index (χ2n) is 4.40. The maximum atomic E-state index is 11.2. The lowest BCUT2D eigenvalue weighted by Gasteiger charge is -2.22. The highest BCUT2D eigenvalue weighted by molar-refractivity contribution is 9.10. The van der Waals surface area contributed by atoms with E-state index in [-0.39, 0.29) is 4.90 Å². The Morgan fingerprint density at radius 2 is 2.05 bits per heavy atom. The van der Waals surface area contributed by atoms with Crippen LogP contribution in [0, 0.1) is 5.92 Å². The quantitative estimate of drug-likeness (QED) is 0.765. The van der Waals surface area contributed by atoms with E-state index in [1.54, 1.807) is 6.07 Å². The molecule has 0 aliphatic carbocycles. The van der Waals surface area contributed by atoms with Crippen molar-refractivity contribution in [1.29, 1.82) is 0 Å². The first-order valence-electron chi connectivity index (χ1n) is 5.91. The molecule has 0 N–H and O–H groups in total. The molecule has 7 heteroatoms. The lowest BCUT2D eigenvalue weighted by molar-refractivity contribution is 0.0496. The average Bonchev–Trinajstić information content (AvgIpc) is 2.37. The molecule has 0 atom stereocenters. The predicted molar refractivity (Wildman–Crippen MR) is 76.2 cm³/mol. The molecule has 1 aliphatic heterocycles. The van der Waals surface area contributed by atoms with Gasteiger partial charge in [-0.25, -0.2) is 8.42 Å². The third kappa shape index (κ3) is 4.34. The van der Waals surface area contributed by atoms with Crippen LogP contribution in [0.3, 0.4) is 0 Å². The molecule has 1 aromatic carbocycles. The van der Waals surface area contributed by atoms with Gasteiger partial charge in [-0.1, -0.05) is 0 Å². The normalized spacial score (nSPS) is 17.4. The van der Waals surface area contributed by atoms with Crippen molar-refractivity contribution in [3.05, 3.63) is 22.7 Å². The fourth-order valence-corrected chi connectivity index (χ4v) is 3.29. The first-order valence-corrected chi connectivity index (χ1v) is 9.02. The zero-order valence-corrected chi connectivity index (χ0v) is 13.3. The maximum absolute atomic E-state index is 11.2. The van der Waals surface area contributed by atoms with Crippen LogP contribution in [-0.4, -0.2) is 28.2 Å². The van der Waals surface area contributed by atoms with E-state index in [0.717, 1.165) is 26.1 Å². The van der Waals surface area contributed by atoms with Gasteiger partial charge in [0, 0.05) is 23.9 Å². The molecule has 4 nitrogen and oxygen atoms in total. The van der Waals surface area contributed by atoms with Crippen LogP contribution in [-0.2, 0) is 13.8 Å². The van der Waals surface area contributed by atoms with E-state index in [1.165, 1.54) is 12.1 Å². The summed E-state index contributed by atoms with van der Waals surface area (Å²) < 4.78 is 34.0. The van der Waals surface area contributed by atoms with E-state index in [4.69, 9.17) is 20.2 Å². The molecule has 0 aromatic heterocycles. The second-order valence-corrected chi connectivity index (χ2v) is 7.82. The van der Waals surface area contributed by atoms with Crippen molar-refractivity contribution in [2.45, 2.75) is 17.7 Å². The van der Waals surface area contributed by atoms with Gasteiger partial charge in [0.25, 0.3) is 9.05 Å². The van der Waals surface area contributed by atoms with Crippen molar-refractivity contribution in [2.75, 3.05) is 19.8 Å². The number of hydrogen-bond donors (Lipinski definition) is 0. The molecule has 0 saturated carbocycles. The largest absolute Gasteiger partial charge is 0.492 e. The Morgan fingerprint density at radius 3 is 2.63 bits per heavy atom. The van der Waals surface area contributed by atoms with E-state index in [9.17, 15) is 8.42 Å². The van der Waals surface area contributed by atoms with Gasteiger partial charge in [0.15, 0.2) is 0 Å². The molecule has 2 rings (SSSR count). The standard InChI is InChI=1S/C12H14BrClO4S/c13-11-7-10(19(14,15)16)1-2-12(11)18-8-9-3-5-17-6-4-9/h1-2,7,9H,3-6,8H2. The molecule has 1 aliphatic rings. The molecule has 19 heavy (non-hydrogen) atoms. The van der Waals surface area contributed by atoms with E-state index < -0.39 is 9.05 Å². The molecule has 106 valence electrons. The van der Waals surface area contributed by atoms with Gasteiger partial charge in [-0.15, -0.1) is 0 Å². The lowest BCUT2D eigenvalue weighted by Crippen LogP contribution is -2.21. The number of benzene rings is 1.